The lowest BCUT2D eigenvalue weighted by molar-refractivity contribution is 0.0405. The molecule has 0 radical (unpaired) electrons. The van der Waals surface area contributed by atoms with Crippen LogP contribution >= 0.6 is 43.5 Å². The van der Waals surface area contributed by atoms with Crippen LogP contribution in [-0.2, 0) is 9.47 Å². The average molecular weight is 513 g/mol. The Bertz CT molecular complexity index is 587. The molecule has 0 N–H and O–H groups in total. The van der Waals surface area contributed by atoms with E-state index in [-0.39, 0.29) is 17.7 Å². The van der Waals surface area contributed by atoms with Gasteiger partial charge in [0.2, 0.25) is 0 Å². The zero-order valence-corrected chi connectivity index (χ0v) is 19.0. The van der Waals surface area contributed by atoms with E-state index in [2.05, 4.69) is 45.7 Å². The van der Waals surface area contributed by atoms with E-state index in [4.69, 9.17) is 21.1 Å². The Morgan fingerprint density at radius 2 is 1.69 bits per heavy atom. The van der Waals surface area contributed by atoms with Gasteiger partial charge >= 0.3 is 11.9 Å². The van der Waals surface area contributed by atoms with Gasteiger partial charge in [0.1, 0.15) is 0 Å². The maximum absolute atomic E-state index is 12.4. The predicted octanol–water partition coefficient (Wildman–Crippen LogP) is 6.29. The zero-order chi connectivity index (χ0) is 19.6. The minimum absolute atomic E-state index is 0.108. The molecule has 0 saturated heterocycles. The molecular formula is C19H25Br2ClO4. The van der Waals surface area contributed by atoms with Crippen LogP contribution in [0.5, 0.6) is 0 Å². The highest BCUT2D eigenvalue weighted by Crippen LogP contribution is 2.34. The average Bonchev–Trinajstić information content (AvgIpc) is 2.60. The first-order valence-corrected chi connectivity index (χ1v) is 10.7. The van der Waals surface area contributed by atoms with Gasteiger partial charge in [0.25, 0.3) is 0 Å². The van der Waals surface area contributed by atoms with Crippen molar-refractivity contribution >= 4 is 55.4 Å². The molecule has 0 heterocycles. The van der Waals surface area contributed by atoms with E-state index in [9.17, 15) is 9.59 Å². The van der Waals surface area contributed by atoms with Gasteiger partial charge in [0, 0.05) is 6.42 Å². The normalized spacial score (nSPS) is 12.5. The second-order valence-electron chi connectivity index (χ2n) is 6.06. The summed E-state index contributed by atoms with van der Waals surface area (Å²) in [5.41, 5.74) is 0.418. The number of halogens is 3. The van der Waals surface area contributed by atoms with Crippen molar-refractivity contribution in [3.63, 3.8) is 0 Å². The van der Waals surface area contributed by atoms with Crippen molar-refractivity contribution in [2.75, 3.05) is 13.2 Å². The number of unbranched alkanes of at least 4 members (excludes halogenated alkanes) is 1. The first kappa shape index (κ1) is 23.4. The van der Waals surface area contributed by atoms with Gasteiger partial charge in [-0.1, -0.05) is 88.7 Å². The van der Waals surface area contributed by atoms with E-state index in [1.165, 1.54) is 0 Å². The smallest absolute Gasteiger partial charge is 0.339 e. The summed E-state index contributed by atoms with van der Waals surface area (Å²) in [6, 6.07) is 6.52. The summed E-state index contributed by atoms with van der Waals surface area (Å²) in [6.45, 7) is 4.70. The van der Waals surface area contributed by atoms with Crippen molar-refractivity contribution in [2.45, 2.75) is 48.6 Å². The Balaban J connectivity index is 2.69. The van der Waals surface area contributed by atoms with Gasteiger partial charge < -0.3 is 9.47 Å². The van der Waals surface area contributed by atoms with Gasteiger partial charge in [0.15, 0.2) is 2.69 Å². The number of hydrogen-bond acceptors (Lipinski definition) is 4. The summed E-state index contributed by atoms with van der Waals surface area (Å²) in [4.78, 5) is 24.7. The lowest BCUT2D eigenvalue weighted by atomic mass is 10.0. The molecule has 1 aromatic rings. The molecule has 26 heavy (non-hydrogen) atoms. The number of ether oxygens (including phenoxy) is 2. The second-order valence-corrected chi connectivity index (χ2v) is 11.4. The Morgan fingerprint density at radius 1 is 1.12 bits per heavy atom. The Kier molecular flexibility index (Phi) is 10.8. The first-order valence-electron chi connectivity index (χ1n) is 8.78. The van der Waals surface area contributed by atoms with Crippen LogP contribution < -0.4 is 0 Å². The fourth-order valence-electron chi connectivity index (χ4n) is 2.35. The van der Waals surface area contributed by atoms with Gasteiger partial charge in [0.05, 0.1) is 24.3 Å². The molecule has 1 atom stereocenters. The number of carbonyl (C=O) groups is 2. The van der Waals surface area contributed by atoms with Crippen molar-refractivity contribution in [3.8, 4) is 0 Å². The minimum atomic E-state index is -0.813. The molecule has 0 saturated carbocycles. The molecule has 0 amide bonds. The summed E-state index contributed by atoms with van der Waals surface area (Å²) in [6.07, 6.45) is 4.58. The topological polar surface area (TPSA) is 52.6 Å². The number of carbonyl (C=O) groups excluding carboxylic acids is 2. The number of hydrogen-bond donors (Lipinski definition) is 0. The van der Waals surface area contributed by atoms with Crippen LogP contribution in [0.1, 0.15) is 66.7 Å². The molecule has 146 valence electrons. The van der Waals surface area contributed by atoms with E-state index >= 15 is 0 Å². The molecule has 1 aromatic carbocycles. The quantitative estimate of drug-likeness (QED) is 0.258. The van der Waals surface area contributed by atoms with Crippen molar-refractivity contribution in [1.29, 1.82) is 0 Å². The molecule has 0 aliphatic rings. The monoisotopic (exact) mass is 510 g/mol. The zero-order valence-electron chi connectivity index (χ0n) is 15.1. The number of rotatable bonds is 11. The highest BCUT2D eigenvalue weighted by atomic mass is 79.9. The summed E-state index contributed by atoms with van der Waals surface area (Å²) in [5, 5.41) is 0. The molecule has 0 bridgehead atoms. The van der Waals surface area contributed by atoms with Crippen molar-refractivity contribution in [1.82, 2.24) is 0 Å². The Morgan fingerprint density at radius 3 is 2.19 bits per heavy atom. The van der Waals surface area contributed by atoms with Gasteiger partial charge in [-0.2, -0.15) is 0 Å². The maximum Gasteiger partial charge on any atom is 0.339 e. The standard InChI is InChI=1S/C19H25Br2ClO4/c1-3-5-8-14(4-2)13-26-18(24)16-10-7-6-9-15(16)17(23)25-12-11-19(20,21)22/h6-7,9-10,14H,3-5,8,11-13H2,1-2H3. The molecule has 0 aliphatic carbocycles. The number of alkyl halides is 3. The summed E-state index contributed by atoms with van der Waals surface area (Å²) in [5.74, 6) is -0.732. The summed E-state index contributed by atoms with van der Waals surface area (Å²) >= 11 is 12.3. The molecule has 1 rings (SSSR count). The van der Waals surface area contributed by atoms with Gasteiger partial charge in [-0.3, -0.25) is 0 Å². The third kappa shape index (κ3) is 8.87. The molecular weight excluding hydrogens is 487 g/mol. The molecule has 0 aliphatic heterocycles. The second kappa shape index (κ2) is 12.0. The van der Waals surface area contributed by atoms with Crippen molar-refractivity contribution in [2.24, 2.45) is 5.92 Å². The number of benzene rings is 1. The van der Waals surface area contributed by atoms with Crippen LogP contribution in [-0.4, -0.2) is 27.8 Å². The minimum Gasteiger partial charge on any atom is -0.462 e. The van der Waals surface area contributed by atoms with E-state index in [0.29, 0.717) is 18.9 Å². The van der Waals surface area contributed by atoms with E-state index in [1.807, 2.05) is 0 Å². The molecule has 7 heteroatoms. The third-order valence-corrected chi connectivity index (χ3v) is 4.96. The van der Waals surface area contributed by atoms with Crippen molar-refractivity contribution in [3.05, 3.63) is 35.4 Å². The van der Waals surface area contributed by atoms with Crippen LogP contribution in [0.2, 0.25) is 0 Å². The predicted molar refractivity (Wildman–Crippen MR) is 111 cm³/mol. The highest BCUT2D eigenvalue weighted by molar-refractivity contribution is 9.26. The van der Waals surface area contributed by atoms with Crippen LogP contribution in [0.15, 0.2) is 24.3 Å². The van der Waals surface area contributed by atoms with Crippen LogP contribution in [0.4, 0.5) is 0 Å². The van der Waals surface area contributed by atoms with Crippen LogP contribution in [0.25, 0.3) is 0 Å². The number of esters is 2. The van der Waals surface area contributed by atoms with Gasteiger partial charge in [-0.05, 0) is 24.5 Å². The molecule has 0 spiro atoms. The lowest BCUT2D eigenvalue weighted by Gasteiger charge is -2.16. The van der Waals surface area contributed by atoms with E-state index < -0.39 is 14.6 Å². The first-order chi connectivity index (χ1) is 12.3. The fraction of sp³-hybridized carbons (Fsp3) is 0.579. The van der Waals surface area contributed by atoms with Gasteiger partial charge in [-0.25, -0.2) is 9.59 Å². The largest absolute Gasteiger partial charge is 0.462 e. The van der Waals surface area contributed by atoms with Gasteiger partial charge in [-0.15, -0.1) is 0 Å². The van der Waals surface area contributed by atoms with Crippen molar-refractivity contribution < 1.29 is 19.1 Å². The SMILES string of the molecule is CCCCC(CC)COC(=O)c1ccccc1C(=O)OCCC(Cl)(Br)Br. The molecule has 0 aromatic heterocycles. The summed E-state index contributed by atoms with van der Waals surface area (Å²) < 4.78 is 9.84. The molecule has 4 nitrogen and oxygen atoms in total. The lowest BCUT2D eigenvalue weighted by Crippen LogP contribution is -2.18. The van der Waals surface area contributed by atoms with Crippen LogP contribution in [0, 0.1) is 5.92 Å². The molecule has 0 fully saturated rings. The maximum atomic E-state index is 12.4. The Labute approximate surface area is 177 Å². The fourth-order valence-corrected chi connectivity index (χ4v) is 2.75. The van der Waals surface area contributed by atoms with Crippen LogP contribution in [0.3, 0.4) is 0 Å². The molecule has 1 unspecified atom stereocenters. The van der Waals surface area contributed by atoms with E-state index in [0.717, 1.165) is 25.7 Å². The Hall–Kier alpha value is -0.590. The third-order valence-electron chi connectivity index (χ3n) is 3.98. The van der Waals surface area contributed by atoms with E-state index in [1.54, 1.807) is 24.3 Å². The highest BCUT2D eigenvalue weighted by Gasteiger charge is 2.22. The summed E-state index contributed by atoms with van der Waals surface area (Å²) in [7, 11) is 0.